The van der Waals surface area contributed by atoms with E-state index in [2.05, 4.69) is 10.0 Å². The van der Waals surface area contributed by atoms with Crippen molar-refractivity contribution in [3.8, 4) is 0 Å². The number of halogens is 2. The normalized spacial score (nSPS) is 11.4. The third-order valence-corrected chi connectivity index (χ3v) is 6.58. The van der Waals surface area contributed by atoms with Gasteiger partial charge in [-0.25, -0.2) is 17.2 Å². The van der Waals surface area contributed by atoms with Gasteiger partial charge in [-0.15, -0.1) is 0 Å². The Morgan fingerprint density at radius 2 is 1.26 bits per heavy atom. The van der Waals surface area contributed by atoms with Gasteiger partial charge in [-0.05, 0) is 41.5 Å². The van der Waals surface area contributed by atoms with Gasteiger partial charge in [0.05, 0.1) is 22.2 Å². The van der Waals surface area contributed by atoms with Gasteiger partial charge in [0.2, 0.25) is 10.0 Å². The molecule has 0 aliphatic heterocycles. The molecule has 5 nitrogen and oxygen atoms in total. The molecule has 4 aromatic rings. The SMILES string of the molecule is O=C(Nc1ccc(S(=O)(=O)NC(c2ccccc2)c2ccccc2)cc1F)c1ccccc1F. The number of carbonyl (C=O) groups is 1. The van der Waals surface area contributed by atoms with Crippen molar-refractivity contribution < 1.29 is 22.0 Å². The molecule has 0 saturated heterocycles. The Balaban J connectivity index is 1.60. The fourth-order valence-corrected chi connectivity index (χ4v) is 4.67. The maximum Gasteiger partial charge on any atom is 0.258 e. The Hall–Kier alpha value is -3.88. The first-order valence-corrected chi connectivity index (χ1v) is 11.8. The molecule has 0 radical (unpaired) electrons. The van der Waals surface area contributed by atoms with Crippen LogP contribution in [0.1, 0.15) is 27.5 Å². The van der Waals surface area contributed by atoms with Crippen LogP contribution in [0.25, 0.3) is 0 Å². The van der Waals surface area contributed by atoms with Gasteiger partial charge in [0, 0.05) is 0 Å². The number of amides is 1. The third kappa shape index (κ3) is 5.19. The molecular weight excluding hydrogens is 458 g/mol. The van der Waals surface area contributed by atoms with Gasteiger partial charge in [0.25, 0.3) is 5.91 Å². The second-order valence-corrected chi connectivity index (χ2v) is 9.17. The lowest BCUT2D eigenvalue weighted by atomic mass is 10.00. The molecular formula is C26H20F2N2O3S. The van der Waals surface area contributed by atoms with Crippen molar-refractivity contribution in [3.63, 3.8) is 0 Å². The molecule has 0 spiro atoms. The number of hydrogen-bond acceptors (Lipinski definition) is 3. The fourth-order valence-electron chi connectivity index (χ4n) is 3.44. The number of rotatable bonds is 7. The van der Waals surface area contributed by atoms with E-state index in [1.54, 1.807) is 48.5 Å². The van der Waals surface area contributed by atoms with Crippen molar-refractivity contribution in [2.75, 3.05) is 5.32 Å². The van der Waals surface area contributed by atoms with E-state index in [1.165, 1.54) is 24.3 Å². The topological polar surface area (TPSA) is 75.3 Å². The number of carbonyl (C=O) groups excluding carboxylic acids is 1. The maximum absolute atomic E-state index is 14.7. The van der Waals surface area contributed by atoms with Crippen LogP contribution in [0, 0.1) is 11.6 Å². The van der Waals surface area contributed by atoms with Gasteiger partial charge in [-0.3, -0.25) is 4.79 Å². The smallest absolute Gasteiger partial charge is 0.258 e. The highest BCUT2D eigenvalue weighted by molar-refractivity contribution is 7.89. The summed E-state index contributed by atoms with van der Waals surface area (Å²) in [6, 6.07) is 25.7. The zero-order valence-electron chi connectivity index (χ0n) is 17.8. The lowest BCUT2D eigenvalue weighted by molar-refractivity contribution is 0.102. The zero-order valence-corrected chi connectivity index (χ0v) is 18.6. The molecule has 0 aliphatic carbocycles. The standard InChI is InChI=1S/C26H20F2N2O3S/c27-22-14-8-7-13-21(22)26(31)29-24-16-15-20(17-23(24)28)34(32,33)30-25(18-9-3-1-4-10-18)19-11-5-2-6-12-19/h1-17,25,30H,(H,29,31). The summed E-state index contributed by atoms with van der Waals surface area (Å²) in [5.74, 6) is -2.57. The van der Waals surface area contributed by atoms with Gasteiger partial charge < -0.3 is 5.32 Å². The van der Waals surface area contributed by atoms with Gasteiger partial charge in [-0.2, -0.15) is 4.72 Å². The summed E-state index contributed by atoms with van der Waals surface area (Å²) >= 11 is 0. The predicted octanol–water partition coefficient (Wildman–Crippen LogP) is 5.29. The summed E-state index contributed by atoms with van der Waals surface area (Å²) in [5.41, 5.74) is 0.904. The number of anilines is 1. The van der Waals surface area contributed by atoms with Gasteiger partial charge in [-0.1, -0.05) is 72.8 Å². The minimum absolute atomic E-state index is 0.256. The van der Waals surface area contributed by atoms with E-state index >= 15 is 0 Å². The van der Waals surface area contributed by atoms with Gasteiger partial charge in [0.1, 0.15) is 11.6 Å². The van der Waals surface area contributed by atoms with E-state index in [9.17, 15) is 22.0 Å². The highest BCUT2D eigenvalue weighted by atomic mass is 32.2. The quantitative estimate of drug-likeness (QED) is 0.379. The van der Waals surface area contributed by atoms with Crippen molar-refractivity contribution in [2.24, 2.45) is 0 Å². The van der Waals surface area contributed by atoms with E-state index in [1.807, 2.05) is 12.1 Å². The van der Waals surface area contributed by atoms with Crippen molar-refractivity contribution in [3.05, 3.63) is 131 Å². The first kappa shape index (κ1) is 23.3. The predicted molar refractivity (Wildman–Crippen MR) is 126 cm³/mol. The van der Waals surface area contributed by atoms with Gasteiger partial charge in [0.15, 0.2) is 0 Å². The Labute approximate surface area is 196 Å². The minimum Gasteiger partial charge on any atom is -0.319 e. The monoisotopic (exact) mass is 478 g/mol. The maximum atomic E-state index is 14.7. The third-order valence-electron chi connectivity index (χ3n) is 5.16. The molecule has 0 atom stereocenters. The second kappa shape index (κ2) is 9.94. The Kier molecular flexibility index (Phi) is 6.81. The molecule has 0 aliphatic rings. The van der Waals surface area contributed by atoms with E-state index in [0.29, 0.717) is 11.1 Å². The highest BCUT2D eigenvalue weighted by Gasteiger charge is 2.24. The van der Waals surface area contributed by atoms with Gasteiger partial charge >= 0.3 is 0 Å². The first-order valence-electron chi connectivity index (χ1n) is 10.3. The molecule has 0 unspecified atom stereocenters. The molecule has 0 heterocycles. The summed E-state index contributed by atoms with van der Waals surface area (Å²) in [4.78, 5) is 12.0. The van der Waals surface area contributed by atoms with Crippen LogP contribution < -0.4 is 10.0 Å². The second-order valence-electron chi connectivity index (χ2n) is 7.45. The van der Waals surface area contributed by atoms with Crippen molar-refractivity contribution >= 4 is 21.6 Å². The van der Waals surface area contributed by atoms with Crippen LogP contribution in [0.2, 0.25) is 0 Å². The van der Waals surface area contributed by atoms with Crippen LogP contribution >= 0.6 is 0 Å². The minimum atomic E-state index is -4.15. The van der Waals surface area contributed by atoms with Crippen LogP contribution in [-0.4, -0.2) is 14.3 Å². The lowest BCUT2D eigenvalue weighted by Gasteiger charge is -2.20. The van der Waals surface area contributed by atoms with E-state index in [-0.39, 0.29) is 16.1 Å². The number of benzene rings is 4. The lowest BCUT2D eigenvalue weighted by Crippen LogP contribution is -2.29. The van der Waals surface area contributed by atoms with Crippen molar-refractivity contribution in [2.45, 2.75) is 10.9 Å². The van der Waals surface area contributed by atoms with E-state index in [0.717, 1.165) is 18.2 Å². The largest absolute Gasteiger partial charge is 0.319 e. The van der Waals surface area contributed by atoms with Crippen molar-refractivity contribution in [1.29, 1.82) is 0 Å². The fraction of sp³-hybridized carbons (Fsp3) is 0.0385. The molecule has 0 aromatic heterocycles. The van der Waals surface area contributed by atoms with E-state index < -0.39 is 33.6 Å². The molecule has 2 N–H and O–H groups in total. The summed E-state index contributed by atoms with van der Waals surface area (Å²) < 4.78 is 57.4. The molecule has 34 heavy (non-hydrogen) atoms. The van der Waals surface area contributed by atoms with Crippen LogP contribution in [0.3, 0.4) is 0 Å². The van der Waals surface area contributed by atoms with Crippen LogP contribution in [0.15, 0.2) is 108 Å². The van der Waals surface area contributed by atoms with Crippen LogP contribution in [-0.2, 0) is 10.0 Å². The summed E-state index contributed by atoms with van der Waals surface area (Å²) in [7, 11) is -4.15. The summed E-state index contributed by atoms with van der Waals surface area (Å²) in [5, 5.41) is 2.27. The molecule has 0 bridgehead atoms. The summed E-state index contributed by atoms with van der Waals surface area (Å²) in [6.07, 6.45) is 0. The highest BCUT2D eigenvalue weighted by Crippen LogP contribution is 2.26. The molecule has 8 heteroatoms. The molecule has 0 fully saturated rings. The molecule has 0 saturated carbocycles. The molecule has 1 amide bonds. The summed E-state index contributed by atoms with van der Waals surface area (Å²) in [6.45, 7) is 0. The zero-order chi connectivity index (χ0) is 24.1. The van der Waals surface area contributed by atoms with Crippen LogP contribution in [0.5, 0.6) is 0 Å². The van der Waals surface area contributed by atoms with E-state index in [4.69, 9.17) is 0 Å². The first-order chi connectivity index (χ1) is 16.3. The molecule has 4 rings (SSSR count). The number of hydrogen-bond donors (Lipinski definition) is 2. The Morgan fingerprint density at radius 1 is 0.706 bits per heavy atom. The average molecular weight is 479 g/mol. The molecule has 172 valence electrons. The Bertz CT molecular complexity index is 1370. The Morgan fingerprint density at radius 3 is 1.82 bits per heavy atom. The average Bonchev–Trinajstić information content (AvgIpc) is 2.85. The number of sulfonamides is 1. The molecule has 4 aromatic carbocycles. The van der Waals surface area contributed by atoms with Crippen LogP contribution in [0.4, 0.5) is 14.5 Å². The number of nitrogens with one attached hydrogen (secondary N) is 2. The van der Waals surface area contributed by atoms with Crippen molar-refractivity contribution in [1.82, 2.24) is 4.72 Å².